The van der Waals surface area contributed by atoms with Crippen molar-refractivity contribution in [3.8, 4) is 0 Å². The molecule has 2 N–H and O–H groups in total. The van der Waals surface area contributed by atoms with Gasteiger partial charge in [0.1, 0.15) is 0 Å². The van der Waals surface area contributed by atoms with E-state index in [2.05, 4.69) is 61.8 Å². The molecule has 0 aliphatic carbocycles. The number of morpholine rings is 1. The van der Waals surface area contributed by atoms with Gasteiger partial charge in [0.05, 0.1) is 13.2 Å². The third-order valence-corrected chi connectivity index (χ3v) is 4.61. The normalized spacial score (nSPS) is 15.2. The lowest BCUT2D eigenvalue weighted by Crippen LogP contribution is -2.39. The fraction of sp³-hybridized carbons (Fsp3) is 0.450. The zero-order valence-corrected chi connectivity index (χ0v) is 18.3. The summed E-state index contributed by atoms with van der Waals surface area (Å²) in [7, 11) is 1.81. The van der Waals surface area contributed by atoms with Gasteiger partial charge in [-0.15, -0.1) is 24.0 Å². The molecule has 0 spiro atoms. The molecule has 1 aromatic carbocycles. The van der Waals surface area contributed by atoms with E-state index in [4.69, 9.17) is 4.74 Å². The van der Waals surface area contributed by atoms with Gasteiger partial charge >= 0.3 is 0 Å². The molecule has 1 fully saturated rings. The Labute approximate surface area is 179 Å². The minimum atomic E-state index is 0. The summed E-state index contributed by atoms with van der Waals surface area (Å²) < 4.78 is 7.60. The Morgan fingerprint density at radius 2 is 1.74 bits per heavy atom. The molecule has 148 valence electrons. The van der Waals surface area contributed by atoms with Crippen molar-refractivity contribution in [3.63, 3.8) is 0 Å². The maximum atomic E-state index is 5.45. The second-order valence-electron chi connectivity index (χ2n) is 6.43. The summed E-state index contributed by atoms with van der Waals surface area (Å²) in [6, 6.07) is 12.7. The molecule has 27 heavy (non-hydrogen) atoms. The third kappa shape index (κ3) is 7.15. The average molecular weight is 483 g/mol. The van der Waals surface area contributed by atoms with Crippen LogP contribution in [0.25, 0.3) is 0 Å². The number of rotatable bonds is 7. The number of aromatic nitrogens is 1. The summed E-state index contributed by atoms with van der Waals surface area (Å²) in [5.74, 6) is 0.832. The van der Waals surface area contributed by atoms with E-state index < -0.39 is 0 Å². The Balaban J connectivity index is 0.00000261. The number of nitrogens with zero attached hydrogens (tertiary/aromatic N) is 3. The zero-order chi connectivity index (χ0) is 18.0. The van der Waals surface area contributed by atoms with Gasteiger partial charge in [0.15, 0.2) is 5.96 Å². The van der Waals surface area contributed by atoms with E-state index in [9.17, 15) is 0 Å². The van der Waals surface area contributed by atoms with Gasteiger partial charge in [-0.25, -0.2) is 0 Å². The van der Waals surface area contributed by atoms with Gasteiger partial charge in [-0.3, -0.25) is 9.89 Å². The van der Waals surface area contributed by atoms with E-state index in [0.29, 0.717) is 0 Å². The first-order valence-electron chi connectivity index (χ1n) is 9.27. The molecule has 0 atom stereocenters. The van der Waals surface area contributed by atoms with E-state index in [0.717, 1.165) is 58.4 Å². The van der Waals surface area contributed by atoms with Gasteiger partial charge in [-0.1, -0.05) is 24.3 Å². The number of nitrogens with one attached hydrogen (secondary N) is 2. The highest BCUT2D eigenvalue weighted by atomic mass is 127. The lowest BCUT2D eigenvalue weighted by atomic mass is 10.1. The largest absolute Gasteiger partial charge is 0.379 e. The first-order chi connectivity index (χ1) is 12.8. The van der Waals surface area contributed by atoms with Crippen LogP contribution in [-0.4, -0.2) is 55.3 Å². The Morgan fingerprint density at radius 1 is 1.04 bits per heavy atom. The van der Waals surface area contributed by atoms with Crippen LogP contribution in [-0.2, 0) is 24.4 Å². The molecule has 2 aromatic rings. The van der Waals surface area contributed by atoms with Crippen LogP contribution in [0.3, 0.4) is 0 Å². The van der Waals surface area contributed by atoms with E-state index in [1.165, 1.54) is 11.1 Å². The molecular weight excluding hydrogens is 453 g/mol. The van der Waals surface area contributed by atoms with Crippen LogP contribution in [0.4, 0.5) is 0 Å². The number of halogens is 1. The highest BCUT2D eigenvalue weighted by molar-refractivity contribution is 14.0. The quantitative estimate of drug-likeness (QED) is 0.361. The van der Waals surface area contributed by atoms with Crippen LogP contribution in [0.2, 0.25) is 0 Å². The Kier molecular flexibility index (Phi) is 9.65. The molecule has 2 heterocycles. The van der Waals surface area contributed by atoms with Crippen LogP contribution in [0.5, 0.6) is 0 Å². The molecule has 1 saturated heterocycles. The highest BCUT2D eigenvalue weighted by Crippen LogP contribution is 2.12. The van der Waals surface area contributed by atoms with Gasteiger partial charge in [0, 0.05) is 58.7 Å². The van der Waals surface area contributed by atoms with Crippen LogP contribution >= 0.6 is 24.0 Å². The molecule has 0 bridgehead atoms. The fourth-order valence-corrected chi connectivity index (χ4v) is 3.11. The Bertz CT molecular complexity index is 683. The number of hydrogen-bond acceptors (Lipinski definition) is 3. The van der Waals surface area contributed by atoms with Crippen molar-refractivity contribution >= 4 is 29.9 Å². The molecule has 7 heteroatoms. The average Bonchev–Trinajstić information content (AvgIpc) is 3.20. The standard InChI is InChI=1S/C20H29N5O.HI/c1-21-20(22-8-11-24-9-4-5-10-24)23-16-18-6-2-3-7-19(18)17-25-12-14-26-15-13-25;/h2-7,9-10H,8,11-17H2,1H3,(H2,21,22,23);1H. The van der Waals surface area contributed by atoms with Crippen molar-refractivity contribution in [2.45, 2.75) is 19.6 Å². The summed E-state index contributed by atoms with van der Waals surface area (Å²) in [5.41, 5.74) is 2.68. The first kappa shape index (κ1) is 21.7. The van der Waals surface area contributed by atoms with E-state index in [1.54, 1.807) is 0 Å². The first-order valence-corrected chi connectivity index (χ1v) is 9.27. The molecule has 0 unspecified atom stereocenters. The van der Waals surface area contributed by atoms with E-state index in [-0.39, 0.29) is 24.0 Å². The van der Waals surface area contributed by atoms with Crippen molar-refractivity contribution < 1.29 is 4.74 Å². The second kappa shape index (κ2) is 12.0. The molecule has 1 aliphatic heterocycles. The van der Waals surface area contributed by atoms with Crippen LogP contribution in [0.15, 0.2) is 53.8 Å². The minimum absolute atomic E-state index is 0. The predicted molar refractivity (Wildman–Crippen MR) is 121 cm³/mol. The van der Waals surface area contributed by atoms with E-state index in [1.807, 2.05) is 19.2 Å². The minimum Gasteiger partial charge on any atom is -0.379 e. The van der Waals surface area contributed by atoms with Crippen molar-refractivity contribution in [3.05, 3.63) is 59.9 Å². The fourth-order valence-electron chi connectivity index (χ4n) is 3.11. The predicted octanol–water partition coefficient (Wildman–Crippen LogP) is 2.30. The summed E-state index contributed by atoms with van der Waals surface area (Å²) in [6.45, 7) is 7.17. The maximum absolute atomic E-state index is 5.45. The van der Waals surface area contributed by atoms with Crippen molar-refractivity contribution in [1.82, 2.24) is 20.1 Å². The third-order valence-electron chi connectivity index (χ3n) is 4.61. The van der Waals surface area contributed by atoms with Gasteiger partial charge in [0.25, 0.3) is 0 Å². The van der Waals surface area contributed by atoms with Crippen LogP contribution < -0.4 is 10.6 Å². The molecule has 1 aliphatic rings. The molecular formula is C20H30IN5O. The summed E-state index contributed by atoms with van der Waals surface area (Å²) in [6.07, 6.45) is 4.14. The summed E-state index contributed by atoms with van der Waals surface area (Å²) in [5, 5.41) is 6.80. The molecule has 0 saturated carbocycles. The van der Waals surface area contributed by atoms with E-state index >= 15 is 0 Å². The number of hydrogen-bond donors (Lipinski definition) is 2. The van der Waals surface area contributed by atoms with Crippen molar-refractivity contribution in [2.24, 2.45) is 4.99 Å². The molecule has 0 amide bonds. The lowest BCUT2D eigenvalue weighted by Gasteiger charge is -2.27. The van der Waals surface area contributed by atoms with Gasteiger partial charge in [0.2, 0.25) is 0 Å². The molecule has 1 aromatic heterocycles. The smallest absolute Gasteiger partial charge is 0.191 e. The molecule has 3 rings (SSSR count). The van der Waals surface area contributed by atoms with Gasteiger partial charge < -0.3 is 19.9 Å². The number of ether oxygens (including phenoxy) is 1. The number of benzene rings is 1. The summed E-state index contributed by atoms with van der Waals surface area (Å²) in [4.78, 5) is 6.78. The zero-order valence-electron chi connectivity index (χ0n) is 15.9. The SMILES string of the molecule is CN=C(NCCn1cccc1)NCc1ccccc1CN1CCOCC1.I. The van der Waals surface area contributed by atoms with Crippen LogP contribution in [0.1, 0.15) is 11.1 Å². The van der Waals surface area contributed by atoms with Gasteiger partial charge in [-0.2, -0.15) is 0 Å². The number of aliphatic imine (C=N–C) groups is 1. The van der Waals surface area contributed by atoms with Crippen molar-refractivity contribution in [1.29, 1.82) is 0 Å². The Hall–Kier alpha value is -1.58. The highest BCUT2D eigenvalue weighted by Gasteiger charge is 2.12. The van der Waals surface area contributed by atoms with Crippen LogP contribution in [0, 0.1) is 0 Å². The monoisotopic (exact) mass is 483 g/mol. The maximum Gasteiger partial charge on any atom is 0.191 e. The molecule has 6 nitrogen and oxygen atoms in total. The molecule has 0 radical (unpaired) electrons. The second-order valence-corrected chi connectivity index (χ2v) is 6.43. The van der Waals surface area contributed by atoms with Gasteiger partial charge in [-0.05, 0) is 23.3 Å². The van der Waals surface area contributed by atoms with Crippen molar-refractivity contribution in [2.75, 3.05) is 39.9 Å². The topological polar surface area (TPSA) is 53.8 Å². The lowest BCUT2D eigenvalue weighted by molar-refractivity contribution is 0.0341. The number of guanidine groups is 1. The summed E-state index contributed by atoms with van der Waals surface area (Å²) >= 11 is 0. The Morgan fingerprint density at radius 3 is 2.44 bits per heavy atom.